The van der Waals surface area contributed by atoms with Gasteiger partial charge in [0, 0.05) is 35.9 Å². The fraction of sp³-hybridized carbons (Fsp3) is 0.789. The van der Waals surface area contributed by atoms with Crippen LogP contribution in [0.1, 0.15) is 74.0 Å². The summed E-state index contributed by atoms with van der Waals surface area (Å²) in [6.07, 6.45) is 8.08. The number of amides is 1. The predicted octanol–water partition coefficient (Wildman–Crippen LogP) is 2.91. The van der Waals surface area contributed by atoms with E-state index >= 15 is 0 Å². The minimum atomic E-state index is -0.0967. The number of nitrogens with zero attached hydrogens (tertiary/aromatic N) is 2. The van der Waals surface area contributed by atoms with Crippen LogP contribution in [0, 0.1) is 5.92 Å². The molecule has 3 fully saturated rings. The number of hydrogen-bond donors (Lipinski definition) is 2. The quantitative estimate of drug-likeness (QED) is 0.741. The fourth-order valence-corrected chi connectivity index (χ4v) is 5.67. The van der Waals surface area contributed by atoms with Gasteiger partial charge in [-0.05, 0) is 64.3 Å². The maximum absolute atomic E-state index is 12.4. The van der Waals surface area contributed by atoms with Crippen LogP contribution >= 0.6 is 11.9 Å². The smallest absolute Gasteiger partial charge is 0.273 e. The van der Waals surface area contributed by atoms with Gasteiger partial charge in [-0.15, -0.1) is 0 Å². The second-order valence-electron chi connectivity index (χ2n) is 8.22. The third-order valence-corrected chi connectivity index (χ3v) is 7.54. The van der Waals surface area contributed by atoms with Crippen LogP contribution in [0.2, 0.25) is 0 Å². The normalized spacial score (nSPS) is 32.7. The lowest BCUT2D eigenvalue weighted by Gasteiger charge is -2.38. The lowest BCUT2D eigenvalue weighted by molar-refractivity contribution is 0.0906. The van der Waals surface area contributed by atoms with Gasteiger partial charge in [0.25, 0.3) is 5.91 Å². The molecule has 0 radical (unpaired) electrons. The van der Waals surface area contributed by atoms with Crippen molar-refractivity contribution >= 4 is 17.9 Å². The van der Waals surface area contributed by atoms with E-state index in [1.54, 1.807) is 0 Å². The molecular formula is C19H30N4O2S. The number of nitrogens with two attached hydrogens (primary N) is 1. The molecule has 2 saturated carbocycles. The molecule has 1 amide bonds. The number of aromatic nitrogens is 1. The van der Waals surface area contributed by atoms with Crippen LogP contribution in [0.5, 0.6) is 0 Å². The molecule has 4 atom stereocenters. The zero-order valence-corrected chi connectivity index (χ0v) is 16.3. The highest BCUT2D eigenvalue weighted by Crippen LogP contribution is 2.40. The standard InChI is InChI=1S/C19H30N4O2S/c1-12-8-15(6-7-23(12)26-16-5-2-13(9-16)11-20)21-19(24)17-10-18(25-22-17)14-3-4-14/h10,12-16H,2-9,11,20H2,1H3,(H,21,24). The summed E-state index contributed by atoms with van der Waals surface area (Å²) in [6.45, 7) is 4.11. The Morgan fingerprint density at radius 1 is 1.35 bits per heavy atom. The molecular weight excluding hydrogens is 348 g/mol. The molecule has 2 heterocycles. The van der Waals surface area contributed by atoms with Crippen LogP contribution in [0.4, 0.5) is 0 Å². The zero-order chi connectivity index (χ0) is 18.1. The molecule has 0 aromatic carbocycles. The molecule has 3 N–H and O–H groups in total. The Labute approximate surface area is 159 Å². The van der Waals surface area contributed by atoms with E-state index in [-0.39, 0.29) is 11.9 Å². The van der Waals surface area contributed by atoms with Gasteiger partial charge in [0.15, 0.2) is 5.69 Å². The summed E-state index contributed by atoms with van der Waals surface area (Å²) in [6, 6.07) is 2.50. The van der Waals surface area contributed by atoms with E-state index in [4.69, 9.17) is 10.3 Å². The maximum Gasteiger partial charge on any atom is 0.273 e. The number of hydrogen-bond acceptors (Lipinski definition) is 6. The second-order valence-corrected chi connectivity index (χ2v) is 9.56. The molecule has 3 aliphatic rings. The number of carbonyl (C=O) groups excluding carboxylic acids is 1. The van der Waals surface area contributed by atoms with Gasteiger partial charge in [0.05, 0.1) is 0 Å². The number of piperidine rings is 1. The lowest BCUT2D eigenvalue weighted by Crippen LogP contribution is -2.47. The van der Waals surface area contributed by atoms with Crippen molar-refractivity contribution < 1.29 is 9.32 Å². The lowest BCUT2D eigenvalue weighted by atomic mass is 10.0. The Balaban J connectivity index is 1.24. The molecule has 1 aliphatic heterocycles. The van der Waals surface area contributed by atoms with Crippen LogP contribution in [0.15, 0.2) is 10.6 Å². The molecule has 0 spiro atoms. The monoisotopic (exact) mass is 378 g/mol. The highest BCUT2D eigenvalue weighted by molar-refractivity contribution is 7.97. The van der Waals surface area contributed by atoms with Crippen LogP contribution in [0.3, 0.4) is 0 Å². The maximum atomic E-state index is 12.4. The van der Waals surface area contributed by atoms with E-state index < -0.39 is 0 Å². The average Bonchev–Trinajstić information content (AvgIpc) is 3.18. The van der Waals surface area contributed by atoms with Gasteiger partial charge in [-0.2, -0.15) is 0 Å². The summed E-state index contributed by atoms with van der Waals surface area (Å²) in [7, 11) is 0. The summed E-state index contributed by atoms with van der Waals surface area (Å²) >= 11 is 2.02. The third kappa shape index (κ3) is 4.26. The average molecular weight is 379 g/mol. The van der Waals surface area contributed by atoms with Crippen LogP contribution in [-0.4, -0.2) is 45.8 Å². The SMILES string of the molecule is CC1CC(NC(=O)c2cc(C3CC3)on2)CCN1SC1CCC(CN)C1. The summed E-state index contributed by atoms with van der Waals surface area (Å²) in [5.41, 5.74) is 6.24. The van der Waals surface area contributed by atoms with Crippen molar-refractivity contribution in [2.24, 2.45) is 11.7 Å². The van der Waals surface area contributed by atoms with E-state index in [1.165, 1.54) is 19.3 Å². The van der Waals surface area contributed by atoms with Crippen molar-refractivity contribution in [2.45, 2.75) is 75.1 Å². The van der Waals surface area contributed by atoms with Gasteiger partial charge >= 0.3 is 0 Å². The van der Waals surface area contributed by atoms with Crippen molar-refractivity contribution in [3.8, 4) is 0 Å². The molecule has 7 heteroatoms. The minimum Gasteiger partial charge on any atom is -0.360 e. The Morgan fingerprint density at radius 2 is 2.19 bits per heavy atom. The number of carbonyl (C=O) groups is 1. The Kier molecular flexibility index (Phi) is 5.57. The van der Waals surface area contributed by atoms with Crippen molar-refractivity contribution in [2.75, 3.05) is 13.1 Å². The van der Waals surface area contributed by atoms with Gasteiger partial charge in [-0.3, -0.25) is 4.79 Å². The Bertz CT molecular complexity index is 633. The second kappa shape index (κ2) is 7.90. The van der Waals surface area contributed by atoms with Crippen LogP contribution in [0.25, 0.3) is 0 Å². The zero-order valence-electron chi connectivity index (χ0n) is 15.5. The summed E-state index contributed by atoms with van der Waals surface area (Å²) < 4.78 is 7.82. The molecule has 4 unspecified atom stereocenters. The van der Waals surface area contributed by atoms with Gasteiger partial charge < -0.3 is 15.6 Å². The van der Waals surface area contributed by atoms with Crippen molar-refractivity contribution in [1.29, 1.82) is 0 Å². The topological polar surface area (TPSA) is 84.4 Å². The third-order valence-electron chi connectivity index (χ3n) is 6.00. The molecule has 2 aliphatic carbocycles. The predicted molar refractivity (Wildman–Crippen MR) is 103 cm³/mol. The largest absolute Gasteiger partial charge is 0.360 e. The number of rotatable bonds is 6. The Hall–Kier alpha value is -1.05. The first-order valence-electron chi connectivity index (χ1n) is 10.0. The fourth-order valence-electron chi connectivity index (χ4n) is 4.18. The Morgan fingerprint density at radius 3 is 2.88 bits per heavy atom. The molecule has 1 aromatic rings. The van der Waals surface area contributed by atoms with Crippen molar-refractivity contribution in [1.82, 2.24) is 14.8 Å². The first-order chi connectivity index (χ1) is 12.6. The van der Waals surface area contributed by atoms with E-state index in [2.05, 4.69) is 21.7 Å². The molecule has 26 heavy (non-hydrogen) atoms. The molecule has 144 valence electrons. The van der Waals surface area contributed by atoms with E-state index in [9.17, 15) is 4.79 Å². The first kappa shape index (κ1) is 18.3. The molecule has 4 rings (SSSR count). The number of nitrogens with one attached hydrogen (secondary N) is 1. The van der Waals surface area contributed by atoms with Gasteiger partial charge in [-0.1, -0.05) is 17.1 Å². The highest BCUT2D eigenvalue weighted by atomic mass is 32.2. The van der Waals surface area contributed by atoms with E-state index in [0.29, 0.717) is 28.8 Å². The van der Waals surface area contributed by atoms with Crippen molar-refractivity contribution in [3.63, 3.8) is 0 Å². The first-order valence-corrected chi connectivity index (χ1v) is 10.9. The van der Waals surface area contributed by atoms with Crippen LogP contribution < -0.4 is 11.1 Å². The van der Waals surface area contributed by atoms with Crippen molar-refractivity contribution in [3.05, 3.63) is 17.5 Å². The molecule has 6 nitrogen and oxygen atoms in total. The van der Waals surface area contributed by atoms with E-state index in [0.717, 1.165) is 44.5 Å². The molecule has 1 saturated heterocycles. The molecule has 0 bridgehead atoms. The van der Waals surface area contributed by atoms with E-state index in [1.807, 2.05) is 18.0 Å². The highest BCUT2D eigenvalue weighted by Gasteiger charge is 2.33. The van der Waals surface area contributed by atoms with Gasteiger partial charge in [0.1, 0.15) is 5.76 Å². The summed E-state index contributed by atoms with van der Waals surface area (Å²) in [4.78, 5) is 12.4. The molecule has 1 aromatic heterocycles. The van der Waals surface area contributed by atoms with Gasteiger partial charge in [0.2, 0.25) is 0 Å². The van der Waals surface area contributed by atoms with Gasteiger partial charge in [-0.25, -0.2) is 4.31 Å². The summed E-state index contributed by atoms with van der Waals surface area (Å²) in [5.74, 6) is 1.96. The minimum absolute atomic E-state index is 0.0967. The summed E-state index contributed by atoms with van der Waals surface area (Å²) in [5, 5.41) is 7.82. The van der Waals surface area contributed by atoms with Crippen LogP contribution in [-0.2, 0) is 0 Å².